The fourth-order valence-corrected chi connectivity index (χ4v) is 8.85. The first-order chi connectivity index (χ1) is 29.0. The van der Waals surface area contributed by atoms with Crippen LogP contribution in [0.15, 0.2) is 170 Å². The standard InChI is InChI=1S/C56H46N4/c1-55(2,3)40-25-27-51-44(33-40)42-21-13-15-23-49(42)59(51)53-31-39(38-29-47(36-17-9-7-10-18-36)58-48(30-38)37-19-11-8-12-20-37)32-54(46(53)35-57)60-50-24-16-14-22-43(50)45-34-41(56(4,5)6)26-28-52(45)60/h7-34H,1-6H3. The van der Waals surface area contributed by atoms with Gasteiger partial charge in [-0.25, -0.2) is 4.98 Å². The van der Waals surface area contributed by atoms with Crippen LogP contribution in [0.25, 0.3) is 88.6 Å². The van der Waals surface area contributed by atoms with Crippen LogP contribution < -0.4 is 0 Å². The molecule has 0 aliphatic carbocycles. The van der Waals surface area contributed by atoms with Gasteiger partial charge in [0.05, 0.1) is 44.8 Å². The first kappa shape index (κ1) is 37.1. The van der Waals surface area contributed by atoms with E-state index < -0.39 is 0 Å². The Bertz CT molecular complexity index is 3120. The number of nitrogens with zero attached hydrogens (tertiary/aromatic N) is 4. The van der Waals surface area contributed by atoms with E-state index in [-0.39, 0.29) is 10.8 Å². The summed E-state index contributed by atoms with van der Waals surface area (Å²) in [5, 5.41) is 16.2. The molecule has 0 saturated carbocycles. The highest BCUT2D eigenvalue weighted by Crippen LogP contribution is 2.42. The summed E-state index contributed by atoms with van der Waals surface area (Å²) in [6.07, 6.45) is 0. The number of hydrogen-bond donors (Lipinski definition) is 0. The Kier molecular flexibility index (Phi) is 8.63. The van der Waals surface area contributed by atoms with Crippen molar-refractivity contribution in [3.8, 4) is 51.1 Å². The van der Waals surface area contributed by atoms with Gasteiger partial charge in [-0.1, -0.05) is 151 Å². The topological polar surface area (TPSA) is 46.5 Å². The minimum absolute atomic E-state index is 0.0278. The monoisotopic (exact) mass is 774 g/mol. The van der Waals surface area contributed by atoms with Crippen LogP contribution in [-0.2, 0) is 10.8 Å². The van der Waals surface area contributed by atoms with Crippen molar-refractivity contribution in [2.24, 2.45) is 0 Å². The minimum Gasteiger partial charge on any atom is -0.308 e. The Morgan fingerprint density at radius 2 is 0.783 bits per heavy atom. The normalized spacial score (nSPS) is 12.2. The van der Waals surface area contributed by atoms with Crippen LogP contribution in [0.3, 0.4) is 0 Å². The highest BCUT2D eigenvalue weighted by molar-refractivity contribution is 6.11. The lowest BCUT2D eigenvalue weighted by Crippen LogP contribution is -2.10. The molecule has 3 aromatic heterocycles. The molecule has 4 nitrogen and oxygen atoms in total. The molecule has 0 atom stereocenters. The van der Waals surface area contributed by atoms with Gasteiger partial charge in [0, 0.05) is 32.7 Å². The number of aromatic nitrogens is 3. The molecule has 0 aliphatic rings. The molecule has 4 heteroatoms. The summed E-state index contributed by atoms with van der Waals surface area (Å²) in [6.45, 7) is 13.6. The Balaban J connectivity index is 1.35. The molecule has 0 N–H and O–H groups in total. The van der Waals surface area contributed by atoms with E-state index >= 15 is 0 Å². The SMILES string of the molecule is CC(C)(C)c1ccc2c(c1)c1ccccc1n2-c1cc(-c2cc(-c3ccccc3)nc(-c3ccccc3)c2)cc(-n2c3ccccc3c3cc(C(C)(C)C)ccc32)c1C#N. The van der Waals surface area contributed by atoms with Crippen LogP contribution in [-0.4, -0.2) is 14.1 Å². The van der Waals surface area contributed by atoms with Crippen LogP contribution in [0.2, 0.25) is 0 Å². The second kappa shape index (κ2) is 14.0. The largest absolute Gasteiger partial charge is 0.308 e. The van der Waals surface area contributed by atoms with Crippen molar-refractivity contribution in [3.05, 3.63) is 187 Å². The van der Waals surface area contributed by atoms with Crippen LogP contribution in [0.4, 0.5) is 0 Å². The second-order valence-corrected chi connectivity index (χ2v) is 18.0. The van der Waals surface area contributed by atoms with Crippen molar-refractivity contribution in [1.29, 1.82) is 5.26 Å². The quantitative estimate of drug-likeness (QED) is 0.175. The fourth-order valence-electron chi connectivity index (χ4n) is 8.85. The zero-order valence-corrected chi connectivity index (χ0v) is 35.0. The number of rotatable bonds is 5. The zero-order valence-electron chi connectivity index (χ0n) is 35.0. The van der Waals surface area contributed by atoms with Gasteiger partial charge in [0.25, 0.3) is 0 Å². The molecular formula is C56H46N4. The molecule has 7 aromatic carbocycles. The third-order valence-corrected chi connectivity index (χ3v) is 12.1. The third-order valence-electron chi connectivity index (χ3n) is 12.1. The molecule has 0 amide bonds. The van der Waals surface area contributed by atoms with Crippen molar-refractivity contribution >= 4 is 43.6 Å². The first-order valence-electron chi connectivity index (χ1n) is 20.8. The summed E-state index contributed by atoms with van der Waals surface area (Å²) in [7, 11) is 0. The average Bonchev–Trinajstić information content (AvgIpc) is 3.78. The average molecular weight is 775 g/mol. The molecule has 290 valence electrons. The van der Waals surface area contributed by atoms with Gasteiger partial charge in [-0.15, -0.1) is 0 Å². The number of para-hydroxylation sites is 2. The van der Waals surface area contributed by atoms with E-state index in [0.29, 0.717) is 5.56 Å². The summed E-state index contributed by atoms with van der Waals surface area (Å²) in [6, 6.07) is 63.2. The van der Waals surface area contributed by atoms with Crippen molar-refractivity contribution < 1.29 is 0 Å². The zero-order chi connectivity index (χ0) is 41.3. The smallest absolute Gasteiger partial charge is 0.104 e. The van der Waals surface area contributed by atoms with E-state index in [4.69, 9.17) is 4.98 Å². The molecule has 0 saturated heterocycles. The predicted octanol–water partition coefficient (Wildman–Crippen LogP) is 14.7. The fraction of sp³-hybridized carbons (Fsp3) is 0.143. The number of benzene rings is 7. The van der Waals surface area contributed by atoms with Crippen molar-refractivity contribution in [3.63, 3.8) is 0 Å². The predicted molar refractivity (Wildman–Crippen MR) is 251 cm³/mol. The number of hydrogen-bond acceptors (Lipinski definition) is 2. The van der Waals surface area contributed by atoms with E-state index in [0.717, 1.165) is 77.9 Å². The van der Waals surface area contributed by atoms with E-state index in [9.17, 15) is 5.26 Å². The number of nitriles is 1. The van der Waals surface area contributed by atoms with E-state index in [1.807, 2.05) is 12.1 Å². The summed E-state index contributed by atoms with van der Waals surface area (Å²) in [4.78, 5) is 5.23. The highest BCUT2D eigenvalue weighted by Gasteiger charge is 2.25. The lowest BCUT2D eigenvalue weighted by molar-refractivity contribution is 0.591. The van der Waals surface area contributed by atoms with Crippen molar-refractivity contribution in [1.82, 2.24) is 14.1 Å². The third kappa shape index (κ3) is 6.17. The van der Waals surface area contributed by atoms with Crippen LogP contribution in [0.1, 0.15) is 58.2 Å². The molecule has 0 fully saturated rings. The Hall–Kier alpha value is -7.22. The Morgan fingerprint density at radius 1 is 0.400 bits per heavy atom. The van der Waals surface area contributed by atoms with Gasteiger partial charge in [0.15, 0.2) is 0 Å². The maximum atomic E-state index is 11.5. The molecular weight excluding hydrogens is 729 g/mol. The molecule has 10 rings (SSSR count). The summed E-state index contributed by atoms with van der Waals surface area (Å²) < 4.78 is 4.62. The maximum Gasteiger partial charge on any atom is 0.104 e. The van der Waals surface area contributed by atoms with Gasteiger partial charge in [0.2, 0.25) is 0 Å². The molecule has 0 aliphatic heterocycles. The minimum atomic E-state index is -0.0278. The first-order valence-corrected chi connectivity index (χ1v) is 20.8. The Labute approximate surface area is 351 Å². The number of fused-ring (bicyclic) bond motifs is 6. The van der Waals surface area contributed by atoms with Gasteiger partial charge < -0.3 is 9.13 Å². The summed E-state index contributed by atoms with van der Waals surface area (Å²) in [5.41, 5.74) is 14.8. The maximum absolute atomic E-state index is 11.5. The van der Waals surface area contributed by atoms with Crippen molar-refractivity contribution in [2.45, 2.75) is 52.4 Å². The molecule has 0 unspecified atom stereocenters. The van der Waals surface area contributed by atoms with E-state index in [1.54, 1.807) is 0 Å². The van der Waals surface area contributed by atoms with Crippen LogP contribution in [0, 0.1) is 11.3 Å². The van der Waals surface area contributed by atoms with Crippen LogP contribution in [0.5, 0.6) is 0 Å². The molecule has 0 spiro atoms. The molecule has 10 aromatic rings. The van der Waals surface area contributed by atoms with Crippen LogP contribution >= 0.6 is 0 Å². The van der Waals surface area contributed by atoms with Gasteiger partial charge >= 0.3 is 0 Å². The van der Waals surface area contributed by atoms with Gasteiger partial charge in [-0.3, -0.25) is 0 Å². The molecule has 3 heterocycles. The molecule has 0 radical (unpaired) electrons. The van der Waals surface area contributed by atoms with Gasteiger partial charge in [0.1, 0.15) is 11.6 Å². The highest BCUT2D eigenvalue weighted by atomic mass is 15.0. The van der Waals surface area contributed by atoms with Gasteiger partial charge in [-0.05, 0) is 93.7 Å². The Morgan fingerprint density at radius 3 is 1.20 bits per heavy atom. The van der Waals surface area contributed by atoms with E-state index in [2.05, 4.69) is 214 Å². The lowest BCUT2D eigenvalue weighted by Gasteiger charge is -2.21. The second-order valence-electron chi connectivity index (χ2n) is 18.0. The van der Waals surface area contributed by atoms with Crippen molar-refractivity contribution in [2.75, 3.05) is 0 Å². The van der Waals surface area contributed by atoms with Gasteiger partial charge in [-0.2, -0.15) is 5.26 Å². The molecule has 0 bridgehead atoms. The lowest BCUT2D eigenvalue weighted by atomic mass is 9.86. The summed E-state index contributed by atoms with van der Waals surface area (Å²) >= 11 is 0. The molecule has 60 heavy (non-hydrogen) atoms. The van der Waals surface area contributed by atoms with E-state index in [1.165, 1.54) is 21.9 Å². The number of pyridine rings is 1. The summed E-state index contributed by atoms with van der Waals surface area (Å²) in [5.74, 6) is 0.